The zero-order chi connectivity index (χ0) is 13.0. The molecule has 0 saturated heterocycles. The molecule has 0 aromatic heterocycles. The SMILES string of the molecule is Cc1ccc(NC(N)=Nc2ccccc2C)cc1. The number of nitrogens with one attached hydrogen (secondary N) is 1. The molecule has 18 heavy (non-hydrogen) atoms. The summed E-state index contributed by atoms with van der Waals surface area (Å²) in [6.07, 6.45) is 0. The van der Waals surface area contributed by atoms with E-state index in [1.54, 1.807) is 0 Å². The second-order valence-electron chi connectivity index (χ2n) is 4.27. The average Bonchev–Trinajstić information content (AvgIpc) is 2.35. The van der Waals surface area contributed by atoms with Crippen LogP contribution >= 0.6 is 0 Å². The Balaban J connectivity index is 2.15. The average molecular weight is 239 g/mol. The minimum atomic E-state index is 0.396. The van der Waals surface area contributed by atoms with Crippen LogP contribution in [0.4, 0.5) is 11.4 Å². The van der Waals surface area contributed by atoms with Gasteiger partial charge in [-0.2, -0.15) is 0 Å². The summed E-state index contributed by atoms with van der Waals surface area (Å²) in [6.45, 7) is 4.06. The fourth-order valence-electron chi connectivity index (χ4n) is 1.63. The topological polar surface area (TPSA) is 50.4 Å². The maximum Gasteiger partial charge on any atom is 0.198 e. The Labute approximate surface area is 107 Å². The Hall–Kier alpha value is -2.29. The van der Waals surface area contributed by atoms with Gasteiger partial charge in [-0.15, -0.1) is 0 Å². The van der Waals surface area contributed by atoms with Gasteiger partial charge in [0.05, 0.1) is 5.69 Å². The molecular weight excluding hydrogens is 222 g/mol. The number of hydrogen-bond donors (Lipinski definition) is 2. The predicted octanol–water partition coefficient (Wildman–Crippen LogP) is 3.36. The van der Waals surface area contributed by atoms with Gasteiger partial charge in [-0.3, -0.25) is 0 Å². The Kier molecular flexibility index (Phi) is 3.63. The van der Waals surface area contributed by atoms with Crippen molar-refractivity contribution in [3.63, 3.8) is 0 Å². The summed E-state index contributed by atoms with van der Waals surface area (Å²) >= 11 is 0. The molecule has 0 aliphatic carbocycles. The number of aliphatic imine (C=N–C) groups is 1. The molecular formula is C15H17N3. The van der Waals surface area contributed by atoms with Crippen LogP contribution in [0.5, 0.6) is 0 Å². The lowest BCUT2D eigenvalue weighted by atomic mass is 10.2. The van der Waals surface area contributed by atoms with Crippen LogP contribution in [-0.2, 0) is 0 Å². The molecule has 0 amide bonds. The third-order valence-corrected chi connectivity index (χ3v) is 2.68. The van der Waals surface area contributed by atoms with Crippen molar-refractivity contribution in [1.82, 2.24) is 0 Å². The highest BCUT2D eigenvalue weighted by Gasteiger charge is 1.97. The van der Waals surface area contributed by atoms with E-state index in [4.69, 9.17) is 5.73 Å². The van der Waals surface area contributed by atoms with E-state index in [0.29, 0.717) is 5.96 Å². The van der Waals surface area contributed by atoms with Crippen molar-refractivity contribution in [1.29, 1.82) is 0 Å². The number of rotatable bonds is 2. The molecule has 0 heterocycles. The van der Waals surface area contributed by atoms with Gasteiger partial charge in [-0.25, -0.2) is 4.99 Å². The number of nitrogens with zero attached hydrogens (tertiary/aromatic N) is 1. The second kappa shape index (κ2) is 5.36. The molecule has 0 aliphatic heterocycles. The molecule has 2 rings (SSSR count). The quantitative estimate of drug-likeness (QED) is 0.623. The summed E-state index contributed by atoms with van der Waals surface area (Å²) < 4.78 is 0. The molecule has 3 N–H and O–H groups in total. The molecule has 3 heteroatoms. The van der Waals surface area contributed by atoms with Crippen LogP contribution in [0, 0.1) is 13.8 Å². The molecule has 2 aromatic rings. The second-order valence-corrected chi connectivity index (χ2v) is 4.27. The van der Waals surface area contributed by atoms with Crippen molar-refractivity contribution in [3.8, 4) is 0 Å². The molecule has 3 nitrogen and oxygen atoms in total. The zero-order valence-electron chi connectivity index (χ0n) is 10.6. The number of guanidine groups is 1. The van der Waals surface area contributed by atoms with E-state index in [2.05, 4.69) is 17.2 Å². The lowest BCUT2D eigenvalue weighted by Gasteiger charge is -2.06. The monoisotopic (exact) mass is 239 g/mol. The van der Waals surface area contributed by atoms with Gasteiger partial charge in [0.15, 0.2) is 5.96 Å². The maximum atomic E-state index is 5.88. The highest BCUT2D eigenvalue weighted by Crippen LogP contribution is 2.17. The van der Waals surface area contributed by atoms with Crippen molar-refractivity contribution in [2.45, 2.75) is 13.8 Å². The first-order chi connectivity index (χ1) is 8.65. The van der Waals surface area contributed by atoms with Crippen molar-refractivity contribution >= 4 is 17.3 Å². The van der Waals surface area contributed by atoms with Gasteiger partial charge in [0.1, 0.15) is 0 Å². The maximum absolute atomic E-state index is 5.88. The van der Waals surface area contributed by atoms with E-state index in [-0.39, 0.29) is 0 Å². The lowest BCUT2D eigenvalue weighted by molar-refractivity contribution is 1.37. The first kappa shape index (κ1) is 12.2. The molecule has 0 radical (unpaired) electrons. The summed E-state index contributed by atoms with van der Waals surface area (Å²) in [5, 5.41) is 3.07. The normalized spacial score (nSPS) is 11.3. The Morgan fingerprint density at radius 3 is 2.33 bits per heavy atom. The van der Waals surface area contributed by atoms with E-state index in [1.165, 1.54) is 5.56 Å². The number of aryl methyl sites for hydroxylation is 2. The summed E-state index contributed by atoms with van der Waals surface area (Å²) in [5.74, 6) is 0.396. The van der Waals surface area contributed by atoms with E-state index in [9.17, 15) is 0 Å². The van der Waals surface area contributed by atoms with Crippen LogP contribution in [0.15, 0.2) is 53.5 Å². The number of anilines is 1. The van der Waals surface area contributed by atoms with Gasteiger partial charge >= 0.3 is 0 Å². The molecule has 0 spiro atoms. The minimum Gasteiger partial charge on any atom is -0.369 e. The third kappa shape index (κ3) is 3.10. The molecule has 2 aromatic carbocycles. The Morgan fingerprint density at radius 2 is 1.67 bits per heavy atom. The van der Waals surface area contributed by atoms with Crippen molar-refractivity contribution in [3.05, 3.63) is 59.7 Å². The summed E-state index contributed by atoms with van der Waals surface area (Å²) in [6, 6.07) is 15.9. The van der Waals surface area contributed by atoms with Gasteiger partial charge in [0.25, 0.3) is 0 Å². The summed E-state index contributed by atoms with van der Waals surface area (Å²) in [4.78, 5) is 4.36. The van der Waals surface area contributed by atoms with Crippen molar-refractivity contribution in [2.75, 3.05) is 5.32 Å². The van der Waals surface area contributed by atoms with E-state index >= 15 is 0 Å². The minimum absolute atomic E-state index is 0.396. The fourth-order valence-corrected chi connectivity index (χ4v) is 1.63. The summed E-state index contributed by atoms with van der Waals surface area (Å²) in [7, 11) is 0. The standard InChI is InChI=1S/C15H17N3/c1-11-7-9-13(10-8-11)17-15(16)18-14-6-4-3-5-12(14)2/h3-10H,1-2H3,(H3,16,17,18). The van der Waals surface area contributed by atoms with Gasteiger partial charge < -0.3 is 11.1 Å². The highest BCUT2D eigenvalue weighted by atomic mass is 15.1. The highest BCUT2D eigenvalue weighted by molar-refractivity contribution is 5.94. The van der Waals surface area contributed by atoms with Crippen LogP contribution in [0.2, 0.25) is 0 Å². The largest absolute Gasteiger partial charge is 0.369 e. The third-order valence-electron chi connectivity index (χ3n) is 2.68. The van der Waals surface area contributed by atoms with Crippen LogP contribution in [-0.4, -0.2) is 5.96 Å². The number of benzene rings is 2. The Bertz CT molecular complexity index is 556. The van der Waals surface area contributed by atoms with E-state index < -0.39 is 0 Å². The number of hydrogen-bond acceptors (Lipinski definition) is 1. The van der Waals surface area contributed by atoms with Gasteiger partial charge in [0.2, 0.25) is 0 Å². The van der Waals surface area contributed by atoms with Crippen LogP contribution < -0.4 is 11.1 Å². The van der Waals surface area contributed by atoms with E-state index in [1.807, 2.05) is 55.5 Å². The smallest absolute Gasteiger partial charge is 0.198 e. The predicted molar refractivity (Wildman–Crippen MR) is 77.3 cm³/mol. The molecule has 0 unspecified atom stereocenters. The van der Waals surface area contributed by atoms with Gasteiger partial charge in [-0.05, 0) is 37.6 Å². The van der Waals surface area contributed by atoms with Crippen LogP contribution in [0.3, 0.4) is 0 Å². The van der Waals surface area contributed by atoms with Crippen LogP contribution in [0.25, 0.3) is 0 Å². The number of nitrogens with two attached hydrogens (primary N) is 1. The van der Waals surface area contributed by atoms with Crippen molar-refractivity contribution in [2.24, 2.45) is 10.7 Å². The van der Waals surface area contributed by atoms with E-state index in [0.717, 1.165) is 16.9 Å². The van der Waals surface area contributed by atoms with Crippen LogP contribution in [0.1, 0.15) is 11.1 Å². The van der Waals surface area contributed by atoms with Gasteiger partial charge in [0, 0.05) is 5.69 Å². The summed E-state index contributed by atoms with van der Waals surface area (Å²) in [5.41, 5.74) is 10.0. The molecule has 0 saturated carbocycles. The van der Waals surface area contributed by atoms with Gasteiger partial charge in [-0.1, -0.05) is 35.9 Å². The zero-order valence-corrected chi connectivity index (χ0v) is 10.6. The molecule has 0 bridgehead atoms. The molecule has 0 atom stereocenters. The first-order valence-electron chi connectivity index (χ1n) is 5.88. The lowest BCUT2D eigenvalue weighted by Crippen LogP contribution is -2.21. The first-order valence-corrected chi connectivity index (χ1v) is 5.88. The molecule has 0 fully saturated rings. The molecule has 92 valence electrons. The Morgan fingerprint density at radius 1 is 1.00 bits per heavy atom. The number of para-hydroxylation sites is 1. The fraction of sp³-hybridized carbons (Fsp3) is 0.133. The molecule has 0 aliphatic rings. The van der Waals surface area contributed by atoms with Crippen molar-refractivity contribution < 1.29 is 0 Å².